The number of aromatic nitrogens is 1. The number of hydrogen-bond donors (Lipinski definition) is 1. The molecule has 28 heavy (non-hydrogen) atoms. The van der Waals surface area contributed by atoms with Crippen LogP contribution in [-0.4, -0.2) is 17.1 Å². The number of halogens is 4. The number of carbonyl (C=O) groups is 1. The highest BCUT2D eigenvalue weighted by Gasteiger charge is 2.22. The molecule has 144 valence electrons. The van der Waals surface area contributed by atoms with Crippen molar-refractivity contribution in [1.82, 2.24) is 10.3 Å². The van der Waals surface area contributed by atoms with Gasteiger partial charge >= 0.3 is 6.18 Å². The zero-order valence-corrected chi connectivity index (χ0v) is 15.1. The Morgan fingerprint density at radius 2 is 1.89 bits per heavy atom. The monoisotopic (exact) mass is 406 g/mol. The summed E-state index contributed by atoms with van der Waals surface area (Å²) < 4.78 is 42.3. The van der Waals surface area contributed by atoms with Gasteiger partial charge in [-0.2, -0.15) is 13.2 Å². The molecule has 0 aliphatic carbocycles. The van der Waals surface area contributed by atoms with Crippen molar-refractivity contribution in [2.75, 3.05) is 0 Å². The second kappa shape index (κ2) is 8.31. The van der Waals surface area contributed by atoms with Crippen molar-refractivity contribution in [3.05, 3.63) is 77.5 Å². The minimum Gasteiger partial charge on any atom is -0.455 e. The normalized spacial score (nSPS) is 11.7. The van der Waals surface area contributed by atoms with Gasteiger partial charge in [0.1, 0.15) is 11.3 Å². The van der Waals surface area contributed by atoms with Crippen molar-refractivity contribution in [1.29, 1.82) is 0 Å². The Balaban J connectivity index is 1.80. The molecular weight excluding hydrogens is 393 g/mol. The van der Waals surface area contributed by atoms with Gasteiger partial charge in [-0.3, -0.25) is 9.78 Å². The Hall–Kier alpha value is -3.06. The number of carbonyl (C=O) groups excluding carboxylic acids is 1. The molecule has 1 heterocycles. The van der Waals surface area contributed by atoms with Crippen LogP contribution in [0.1, 0.15) is 5.56 Å². The van der Waals surface area contributed by atoms with E-state index in [1.165, 1.54) is 0 Å². The molecule has 0 saturated heterocycles. The molecule has 4 nitrogen and oxygen atoms in total. The van der Waals surface area contributed by atoms with E-state index in [-0.39, 0.29) is 12.6 Å². The Bertz CT molecular complexity index is 1020. The van der Waals surface area contributed by atoms with Crippen molar-refractivity contribution in [2.24, 2.45) is 0 Å². The summed E-state index contributed by atoms with van der Waals surface area (Å²) in [4.78, 5) is 15.9. The molecule has 1 aromatic heterocycles. The van der Waals surface area contributed by atoms with Crippen molar-refractivity contribution in [3.63, 3.8) is 0 Å². The molecule has 0 unspecified atom stereocenters. The summed E-state index contributed by atoms with van der Waals surface area (Å²) in [5.41, 5.74) is 1.26. The number of alkyl halides is 3. The lowest BCUT2D eigenvalue weighted by Gasteiger charge is -2.12. The van der Waals surface area contributed by atoms with Gasteiger partial charge in [0, 0.05) is 35.3 Å². The van der Waals surface area contributed by atoms with Crippen LogP contribution in [0, 0.1) is 0 Å². The molecule has 1 amide bonds. The number of nitrogens with one attached hydrogen (secondary N) is 1. The second-order valence-electron chi connectivity index (χ2n) is 5.77. The number of allylic oxidation sites excluding steroid dienone is 1. The smallest absolute Gasteiger partial charge is 0.409 e. The van der Waals surface area contributed by atoms with E-state index in [0.29, 0.717) is 39.1 Å². The van der Waals surface area contributed by atoms with E-state index >= 15 is 0 Å². The van der Waals surface area contributed by atoms with Crippen LogP contribution >= 0.6 is 11.6 Å². The van der Waals surface area contributed by atoms with Gasteiger partial charge < -0.3 is 10.1 Å². The van der Waals surface area contributed by atoms with Crippen LogP contribution in [0.3, 0.4) is 0 Å². The molecular formula is C20H14ClF3N2O2. The zero-order valence-electron chi connectivity index (χ0n) is 14.3. The minimum absolute atomic E-state index is 0.0461. The summed E-state index contributed by atoms with van der Waals surface area (Å²) in [6.45, 7) is 0.0461. The summed E-state index contributed by atoms with van der Waals surface area (Å²) >= 11 is 5.87. The summed E-state index contributed by atoms with van der Waals surface area (Å²) in [5.74, 6) is 0.246. The van der Waals surface area contributed by atoms with Gasteiger partial charge in [0.15, 0.2) is 5.75 Å². The average Bonchev–Trinajstić information content (AvgIpc) is 2.67. The van der Waals surface area contributed by atoms with Crippen molar-refractivity contribution in [2.45, 2.75) is 12.7 Å². The first kappa shape index (κ1) is 19.7. The first-order valence-corrected chi connectivity index (χ1v) is 8.53. The number of hydrogen-bond acceptors (Lipinski definition) is 3. The van der Waals surface area contributed by atoms with E-state index in [1.54, 1.807) is 54.7 Å². The number of benzene rings is 2. The molecule has 2 aromatic carbocycles. The Kier molecular flexibility index (Phi) is 5.84. The second-order valence-corrected chi connectivity index (χ2v) is 6.21. The average molecular weight is 407 g/mol. The Labute approximate surface area is 163 Å². The largest absolute Gasteiger partial charge is 0.455 e. The lowest BCUT2D eigenvalue weighted by Crippen LogP contribution is -2.21. The summed E-state index contributed by atoms with van der Waals surface area (Å²) in [6.07, 6.45) is -2.58. The van der Waals surface area contributed by atoms with E-state index in [1.807, 2.05) is 0 Å². The van der Waals surface area contributed by atoms with Gasteiger partial charge in [0.05, 0.1) is 0 Å². The number of pyridine rings is 1. The summed E-state index contributed by atoms with van der Waals surface area (Å²) in [6, 6.07) is 13.8. The van der Waals surface area contributed by atoms with Crippen molar-refractivity contribution in [3.8, 4) is 11.5 Å². The molecule has 0 aliphatic rings. The molecule has 0 atom stereocenters. The molecule has 0 saturated carbocycles. The lowest BCUT2D eigenvalue weighted by atomic mass is 10.1. The predicted octanol–water partition coefficient (Wildman–Crippen LogP) is 5.42. The molecule has 3 aromatic rings. The quantitative estimate of drug-likeness (QED) is 0.576. The van der Waals surface area contributed by atoms with Crippen LogP contribution in [0.2, 0.25) is 5.02 Å². The standard InChI is InChI=1S/C20H14ClF3N2O2/c21-14-4-6-15(7-5-14)28-17-8-3-13(16-2-1-11-25-19(16)17)12-26-18(27)9-10-20(22,23)24/h1-11H,12H2,(H,26,27)/b10-9+. The topological polar surface area (TPSA) is 51.2 Å². The molecule has 8 heteroatoms. The van der Waals surface area contributed by atoms with Crippen molar-refractivity contribution < 1.29 is 22.7 Å². The highest BCUT2D eigenvalue weighted by molar-refractivity contribution is 6.30. The first-order chi connectivity index (χ1) is 13.3. The van der Waals surface area contributed by atoms with Gasteiger partial charge in [0.25, 0.3) is 0 Å². The maximum absolute atomic E-state index is 12.1. The van der Waals surface area contributed by atoms with Crippen molar-refractivity contribution >= 4 is 28.4 Å². The number of rotatable bonds is 5. The Morgan fingerprint density at radius 1 is 1.14 bits per heavy atom. The van der Waals surface area contributed by atoms with Gasteiger partial charge in [-0.05, 0) is 42.0 Å². The molecule has 0 fully saturated rings. The van der Waals surface area contributed by atoms with Gasteiger partial charge in [-0.1, -0.05) is 23.7 Å². The van der Waals surface area contributed by atoms with E-state index < -0.39 is 12.1 Å². The van der Waals surface area contributed by atoms with Crippen LogP contribution in [0.5, 0.6) is 11.5 Å². The zero-order chi connectivity index (χ0) is 20.1. The summed E-state index contributed by atoms with van der Waals surface area (Å²) in [7, 11) is 0. The fraction of sp³-hybridized carbons (Fsp3) is 0.100. The Morgan fingerprint density at radius 3 is 2.61 bits per heavy atom. The molecule has 0 radical (unpaired) electrons. The van der Waals surface area contributed by atoms with E-state index in [2.05, 4.69) is 10.3 Å². The third-order valence-corrected chi connectivity index (χ3v) is 3.99. The van der Waals surface area contributed by atoms with Gasteiger partial charge in [-0.15, -0.1) is 0 Å². The number of fused-ring (bicyclic) bond motifs is 1. The number of amides is 1. The summed E-state index contributed by atoms with van der Waals surface area (Å²) in [5, 5.41) is 3.73. The fourth-order valence-electron chi connectivity index (χ4n) is 2.48. The van der Waals surface area contributed by atoms with Gasteiger partial charge in [0.2, 0.25) is 5.91 Å². The first-order valence-electron chi connectivity index (χ1n) is 8.16. The minimum atomic E-state index is -4.53. The molecule has 0 bridgehead atoms. The van der Waals surface area contributed by atoms with E-state index in [0.717, 1.165) is 0 Å². The van der Waals surface area contributed by atoms with Gasteiger partial charge in [-0.25, -0.2) is 0 Å². The number of nitrogens with zero attached hydrogens (tertiary/aromatic N) is 1. The fourth-order valence-corrected chi connectivity index (χ4v) is 2.61. The van der Waals surface area contributed by atoms with Crippen LogP contribution in [0.25, 0.3) is 10.9 Å². The van der Waals surface area contributed by atoms with Crippen LogP contribution in [0.4, 0.5) is 13.2 Å². The maximum atomic E-state index is 12.1. The lowest BCUT2D eigenvalue weighted by molar-refractivity contribution is -0.117. The SMILES string of the molecule is O=C(/C=C/C(F)(F)F)NCc1ccc(Oc2ccc(Cl)cc2)c2ncccc12. The van der Waals surface area contributed by atoms with Crippen LogP contribution in [0.15, 0.2) is 66.9 Å². The highest BCUT2D eigenvalue weighted by atomic mass is 35.5. The van der Waals surface area contributed by atoms with E-state index in [4.69, 9.17) is 16.3 Å². The maximum Gasteiger partial charge on any atom is 0.409 e. The number of ether oxygens (including phenoxy) is 1. The third kappa shape index (κ3) is 5.23. The van der Waals surface area contributed by atoms with Crippen LogP contribution in [-0.2, 0) is 11.3 Å². The third-order valence-electron chi connectivity index (χ3n) is 3.74. The molecule has 1 N–H and O–H groups in total. The van der Waals surface area contributed by atoms with E-state index in [9.17, 15) is 18.0 Å². The molecule has 0 spiro atoms. The molecule has 3 rings (SSSR count). The predicted molar refractivity (Wildman–Crippen MR) is 100 cm³/mol. The van der Waals surface area contributed by atoms with Crippen LogP contribution < -0.4 is 10.1 Å². The highest BCUT2D eigenvalue weighted by Crippen LogP contribution is 2.31. The molecule has 0 aliphatic heterocycles.